The number of nitrogens with zero attached hydrogens (tertiary/aromatic N) is 6. The SMILES string of the molecule is CC(=O)c1c(C2CC3CC[C@H](C2)N3C(=O)c2cncc(O)c2)nc2c(-c3ccc(-c4ccccc4)nc3)cnn2c1N. The van der Waals surface area contributed by atoms with Crippen molar-refractivity contribution < 1.29 is 14.7 Å². The number of Topliss-reactive ketones (excluding diaryl/α,β-unsaturated/α-hetero) is 1. The summed E-state index contributed by atoms with van der Waals surface area (Å²) in [6.45, 7) is 1.50. The van der Waals surface area contributed by atoms with Gasteiger partial charge in [-0.1, -0.05) is 36.4 Å². The molecule has 10 heteroatoms. The maximum absolute atomic E-state index is 13.4. The Morgan fingerprint density at radius 3 is 2.38 bits per heavy atom. The predicted octanol–water partition coefficient (Wildman–Crippen LogP) is 4.89. The molecule has 4 aromatic heterocycles. The Labute approximate surface area is 241 Å². The van der Waals surface area contributed by atoms with E-state index >= 15 is 0 Å². The van der Waals surface area contributed by atoms with Crippen LogP contribution < -0.4 is 5.73 Å². The van der Waals surface area contributed by atoms with Gasteiger partial charge in [-0.15, -0.1) is 0 Å². The first kappa shape index (κ1) is 25.8. The second kappa shape index (κ2) is 10.1. The summed E-state index contributed by atoms with van der Waals surface area (Å²) < 4.78 is 1.53. The lowest BCUT2D eigenvalue weighted by Crippen LogP contribution is -2.46. The lowest BCUT2D eigenvalue weighted by atomic mass is 9.85. The Morgan fingerprint density at radius 1 is 0.952 bits per heavy atom. The van der Waals surface area contributed by atoms with E-state index in [1.807, 2.05) is 47.4 Å². The van der Waals surface area contributed by atoms with Gasteiger partial charge < -0.3 is 15.7 Å². The molecule has 2 aliphatic heterocycles. The highest BCUT2D eigenvalue weighted by Gasteiger charge is 2.45. The van der Waals surface area contributed by atoms with Gasteiger partial charge in [0.25, 0.3) is 5.91 Å². The molecule has 0 aliphatic carbocycles. The molecule has 2 unspecified atom stereocenters. The molecule has 0 radical (unpaired) electrons. The largest absolute Gasteiger partial charge is 0.506 e. The average Bonchev–Trinajstić information content (AvgIpc) is 3.55. The number of hydrogen-bond acceptors (Lipinski definition) is 8. The lowest BCUT2D eigenvalue weighted by molar-refractivity contribution is 0.0567. The number of aromatic nitrogens is 5. The molecule has 3 atom stereocenters. The molecule has 2 bridgehead atoms. The third kappa shape index (κ3) is 4.27. The summed E-state index contributed by atoms with van der Waals surface area (Å²) in [5.41, 5.74) is 12.1. The Balaban J connectivity index is 1.24. The van der Waals surface area contributed by atoms with E-state index in [0.717, 1.165) is 35.2 Å². The topological polar surface area (TPSA) is 140 Å². The molecule has 7 rings (SSSR count). The van der Waals surface area contributed by atoms with Crippen molar-refractivity contribution in [2.45, 2.75) is 50.6 Å². The number of hydrogen-bond donors (Lipinski definition) is 2. The number of anilines is 1. The maximum Gasteiger partial charge on any atom is 0.256 e. The number of carbonyl (C=O) groups is 2. The lowest BCUT2D eigenvalue weighted by Gasteiger charge is -2.39. The Morgan fingerprint density at radius 2 is 1.71 bits per heavy atom. The highest BCUT2D eigenvalue weighted by molar-refractivity contribution is 6.00. The number of nitrogens with two attached hydrogens (primary N) is 1. The van der Waals surface area contributed by atoms with Gasteiger partial charge in [0.15, 0.2) is 11.4 Å². The molecule has 1 aromatic carbocycles. The van der Waals surface area contributed by atoms with E-state index < -0.39 is 0 Å². The predicted molar refractivity (Wildman–Crippen MR) is 157 cm³/mol. The molecule has 1 amide bonds. The van der Waals surface area contributed by atoms with E-state index in [2.05, 4.69) is 15.1 Å². The average molecular weight is 560 g/mol. The van der Waals surface area contributed by atoms with Crippen molar-refractivity contribution in [1.82, 2.24) is 29.5 Å². The number of nitrogen functional groups attached to an aromatic ring is 1. The van der Waals surface area contributed by atoms with Crippen LogP contribution in [0.2, 0.25) is 0 Å². The van der Waals surface area contributed by atoms with E-state index in [0.29, 0.717) is 35.3 Å². The fourth-order valence-electron chi connectivity index (χ4n) is 6.65. The maximum atomic E-state index is 13.4. The zero-order valence-corrected chi connectivity index (χ0v) is 23.0. The number of rotatable bonds is 5. The minimum absolute atomic E-state index is 0.0122. The first-order valence-corrected chi connectivity index (χ1v) is 14.1. The van der Waals surface area contributed by atoms with E-state index in [9.17, 15) is 14.7 Å². The normalized spacial score (nSPS) is 19.7. The third-order valence-corrected chi connectivity index (χ3v) is 8.53. The van der Waals surface area contributed by atoms with E-state index in [4.69, 9.17) is 10.7 Å². The number of aromatic hydroxyl groups is 1. The molecule has 10 nitrogen and oxygen atoms in total. The van der Waals surface area contributed by atoms with Gasteiger partial charge in [-0.05, 0) is 44.7 Å². The monoisotopic (exact) mass is 559 g/mol. The van der Waals surface area contributed by atoms with E-state index in [1.165, 1.54) is 29.9 Å². The van der Waals surface area contributed by atoms with Crippen molar-refractivity contribution in [1.29, 1.82) is 0 Å². The second-order valence-electron chi connectivity index (χ2n) is 11.1. The standard InChI is InChI=1S/C32H29N7O3/c1-18(40)28-29(21-11-23-8-9-24(12-21)38(23)32(42)22-13-25(41)16-34-14-22)37-31-26(17-36-39(31)30(28)33)20-7-10-27(35-15-20)19-5-3-2-4-6-19/h2-7,10,13-17,21,23-24,41H,8-9,11-12,33H2,1H3/t21?,23-,24?/m1/s1. The summed E-state index contributed by atoms with van der Waals surface area (Å²) in [7, 11) is 0. The van der Waals surface area contributed by atoms with Gasteiger partial charge in [0.2, 0.25) is 0 Å². The number of benzene rings is 1. The molecule has 0 spiro atoms. The first-order chi connectivity index (χ1) is 20.4. The number of fused-ring (bicyclic) bond motifs is 3. The van der Waals surface area contributed by atoms with Crippen LogP contribution in [0.1, 0.15) is 64.9 Å². The van der Waals surface area contributed by atoms with Crippen molar-refractivity contribution in [3.05, 3.63) is 90.1 Å². The van der Waals surface area contributed by atoms with Crippen LogP contribution >= 0.6 is 0 Å². The number of carbonyl (C=O) groups excluding carboxylic acids is 2. The van der Waals surface area contributed by atoms with Gasteiger partial charge in [0, 0.05) is 47.1 Å². The quantitative estimate of drug-likeness (QED) is 0.290. The van der Waals surface area contributed by atoms with E-state index in [1.54, 1.807) is 12.4 Å². The highest BCUT2D eigenvalue weighted by atomic mass is 16.3. The van der Waals surface area contributed by atoms with Gasteiger partial charge in [-0.2, -0.15) is 9.61 Å². The second-order valence-corrected chi connectivity index (χ2v) is 11.1. The number of ketones is 1. The summed E-state index contributed by atoms with van der Waals surface area (Å²) >= 11 is 0. The zero-order chi connectivity index (χ0) is 29.0. The summed E-state index contributed by atoms with van der Waals surface area (Å²) in [6, 6.07) is 15.3. The molecule has 2 saturated heterocycles. The first-order valence-electron chi connectivity index (χ1n) is 14.1. The Kier molecular flexibility index (Phi) is 6.18. The molecule has 2 aliphatic rings. The van der Waals surface area contributed by atoms with Crippen molar-refractivity contribution in [2.24, 2.45) is 0 Å². The highest BCUT2D eigenvalue weighted by Crippen LogP contribution is 2.45. The molecular formula is C32H29N7O3. The summed E-state index contributed by atoms with van der Waals surface area (Å²) in [5, 5.41) is 14.3. The van der Waals surface area contributed by atoms with Crippen LogP contribution in [0.15, 0.2) is 73.3 Å². The zero-order valence-electron chi connectivity index (χ0n) is 23.0. The molecule has 42 heavy (non-hydrogen) atoms. The summed E-state index contributed by atoms with van der Waals surface area (Å²) in [5.74, 6) is -0.132. The number of amides is 1. The van der Waals surface area contributed by atoms with Crippen molar-refractivity contribution in [3.63, 3.8) is 0 Å². The van der Waals surface area contributed by atoms with Crippen LogP contribution in [0.25, 0.3) is 28.0 Å². The van der Waals surface area contributed by atoms with Gasteiger partial charge in [-0.3, -0.25) is 19.6 Å². The fraction of sp³-hybridized carbons (Fsp3) is 0.250. The molecule has 6 heterocycles. The van der Waals surface area contributed by atoms with Crippen LogP contribution in [0.4, 0.5) is 5.82 Å². The summed E-state index contributed by atoms with van der Waals surface area (Å²) in [6.07, 6.45) is 9.36. The molecule has 210 valence electrons. The van der Waals surface area contributed by atoms with Crippen molar-refractivity contribution in [3.8, 4) is 28.1 Å². The molecular weight excluding hydrogens is 530 g/mol. The van der Waals surface area contributed by atoms with Gasteiger partial charge >= 0.3 is 0 Å². The van der Waals surface area contributed by atoms with Crippen LogP contribution in [0.5, 0.6) is 5.75 Å². The number of piperidine rings is 1. The minimum Gasteiger partial charge on any atom is -0.506 e. The van der Waals surface area contributed by atoms with Crippen molar-refractivity contribution in [2.75, 3.05) is 5.73 Å². The van der Waals surface area contributed by atoms with E-state index in [-0.39, 0.29) is 41.3 Å². The van der Waals surface area contributed by atoms with Gasteiger partial charge in [0.1, 0.15) is 11.6 Å². The van der Waals surface area contributed by atoms with Crippen LogP contribution in [-0.4, -0.2) is 58.3 Å². The van der Waals surface area contributed by atoms with Crippen molar-refractivity contribution >= 4 is 23.2 Å². The Bertz CT molecular complexity index is 1820. The fourth-order valence-corrected chi connectivity index (χ4v) is 6.65. The van der Waals surface area contributed by atoms with Gasteiger partial charge in [0.05, 0.1) is 34.9 Å². The van der Waals surface area contributed by atoms with Crippen LogP contribution in [-0.2, 0) is 0 Å². The summed E-state index contributed by atoms with van der Waals surface area (Å²) in [4.78, 5) is 42.0. The van der Waals surface area contributed by atoms with Gasteiger partial charge in [-0.25, -0.2) is 4.98 Å². The molecule has 2 fully saturated rings. The molecule has 5 aromatic rings. The number of pyridine rings is 2. The molecule has 0 saturated carbocycles. The smallest absolute Gasteiger partial charge is 0.256 e. The molecule has 3 N–H and O–H groups in total. The minimum atomic E-state index is -0.167. The Hall–Kier alpha value is -5.12. The van der Waals surface area contributed by atoms with Crippen LogP contribution in [0.3, 0.4) is 0 Å². The van der Waals surface area contributed by atoms with Crippen LogP contribution in [0, 0.1) is 0 Å². The third-order valence-electron chi connectivity index (χ3n) is 8.53.